The molecule has 3 aromatic carbocycles. The van der Waals surface area contributed by atoms with Gasteiger partial charge in [0.1, 0.15) is 5.75 Å². The zero-order chi connectivity index (χ0) is 27.8. The van der Waals surface area contributed by atoms with Crippen LogP contribution in [0.1, 0.15) is 47.9 Å². The van der Waals surface area contributed by atoms with Gasteiger partial charge in [-0.15, -0.1) is 0 Å². The third-order valence-corrected chi connectivity index (χ3v) is 5.21. The van der Waals surface area contributed by atoms with E-state index < -0.39 is 36.0 Å². The number of nitrogen functional groups attached to an aromatic ring is 1. The van der Waals surface area contributed by atoms with Gasteiger partial charge in [-0.25, -0.2) is 14.4 Å². The number of hydrogen-bond donors (Lipinski definition) is 2. The van der Waals surface area contributed by atoms with Crippen molar-refractivity contribution in [2.24, 2.45) is 0 Å². The van der Waals surface area contributed by atoms with Crippen LogP contribution in [0.2, 0.25) is 0 Å². The molecule has 0 spiro atoms. The van der Waals surface area contributed by atoms with Crippen LogP contribution < -0.4 is 15.8 Å². The molecule has 1 amide bonds. The van der Waals surface area contributed by atoms with Crippen molar-refractivity contribution in [2.75, 3.05) is 32.4 Å². The molecule has 0 aliphatic heterocycles. The minimum absolute atomic E-state index is 0.0104. The van der Waals surface area contributed by atoms with Gasteiger partial charge in [-0.05, 0) is 60.7 Å². The number of ketones is 1. The zero-order valence-corrected chi connectivity index (χ0v) is 20.7. The Bertz CT molecular complexity index is 1360. The number of hydrogen-bond acceptors (Lipinski definition) is 10. The quantitative estimate of drug-likeness (QED) is 0.140. The summed E-state index contributed by atoms with van der Waals surface area (Å²) in [7, 11) is 3.56. The van der Waals surface area contributed by atoms with E-state index in [1.54, 1.807) is 12.1 Å². The van der Waals surface area contributed by atoms with Crippen LogP contribution in [0.4, 0.5) is 11.4 Å². The predicted octanol–water partition coefficient (Wildman–Crippen LogP) is 3.63. The average molecular weight is 520 g/mol. The number of rotatable bonds is 9. The van der Waals surface area contributed by atoms with Crippen molar-refractivity contribution in [1.29, 1.82) is 0 Å². The summed E-state index contributed by atoms with van der Waals surface area (Å²) in [6.45, 7) is 0. The van der Waals surface area contributed by atoms with Gasteiger partial charge in [-0.2, -0.15) is 0 Å². The van der Waals surface area contributed by atoms with Gasteiger partial charge in [-0.3, -0.25) is 9.59 Å². The molecule has 0 atom stereocenters. The first kappa shape index (κ1) is 27.4. The van der Waals surface area contributed by atoms with Crippen molar-refractivity contribution in [3.63, 3.8) is 0 Å². The molecule has 0 bridgehead atoms. The van der Waals surface area contributed by atoms with E-state index in [1.807, 2.05) is 0 Å². The first-order valence-corrected chi connectivity index (χ1v) is 11.1. The number of carbonyl (C=O) groups excluding carboxylic acids is 5. The minimum Gasteiger partial charge on any atom is -0.465 e. The maximum absolute atomic E-state index is 12.7. The Morgan fingerprint density at radius 2 is 1.21 bits per heavy atom. The summed E-state index contributed by atoms with van der Waals surface area (Å²) in [4.78, 5) is 61.5. The molecule has 3 N–H and O–H groups in total. The van der Waals surface area contributed by atoms with Crippen molar-refractivity contribution >= 4 is 41.0 Å². The highest BCUT2D eigenvalue weighted by Gasteiger charge is 2.19. The van der Waals surface area contributed by atoms with E-state index >= 15 is 0 Å². The smallest absolute Gasteiger partial charge is 0.338 e. The number of esters is 3. The monoisotopic (exact) mass is 520 g/mol. The van der Waals surface area contributed by atoms with Gasteiger partial charge in [-0.1, -0.05) is 0 Å². The lowest BCUT2D eigenvalue weighted by Gasteiger charge is -2.15. The van der Waals surface area contributed by atoms with Crippen LogP contribution in [0, 0.1) is 0 Å². The molecule has 3 rings (SSSR count). The Morgan fingerprint density at radius 1 is 0.684 bits per heavy atom. The summed E-state index contributed by atoms with van der Waals surface area (Å²) < 4.78 is 20.1. The van der Waals surface area contributed by atoms with Crippen LogP contribution in [0.5, 0.6) is 11.5 Å². The predicted molar refractivity (Wildman–Crippen MR) is 135 cm³/mol. The Labute approximate surface area is 217 Å². The number of methoxy groups -OCH3 is 3. The van der Waals surface area contributed by atoms with Gasteiger partial charge in [0.15, 0.2) is 11.5 Å². The van der Waals surface area contributed by atoms with Gasteiger partial charge in [0.05, 0.1) is 50.1 Å². The van der Waals surface area contributed by atoms with E-state index in [0.717, 1.165) is 0 Å². The van der Waals surface area contributed by atoms with Crippen LogP contribution >= 0.6 is 0 Å². The Morgan fingerprint density at radius 3 is 1.76 bits per heavy atom. The second-order valence-corrected chi connectivity index (χ2v) is 7.80. The Hall–Kier alpha value is -5.19. The van der Waals surface area contributed by atoms with E-state index in [2.05, 4.69) is 5.32 Å². The van der Waals surface area contributed by atoms with Gasteiger partial charge >= 0.3 is 17.9 Å². The highest BCUT2D eigenvalue weighted by atomic mass is 16.5. The fourth-order valence-corrected chi connectivity index (χ4v) is 3.33. The molecule has 0 unspecified atom stereocenters. The fraction of sp³-hybridized carbons (Fsp3) is 0.148. The number of amides is 1. The SMILES string of the molecule is COC(=O)c1cc(Oc2ccc(C(=O)OC)cc2NC(=O)CC(=O)c2ccc(N)cc2)cc(C(=O)OC)c1. The molecule has 0 saturated heterocycles. The molecule has 0 aliphatic carbocycles. The molecule has 0 aromatic heterocycles. The zero-order valence-electron chi connectivity index (χ0n) is 20.7. The molecule has 0 fully saturated rings. The molecule has 0 radical (unpaired) electrons. The minimum atomic E-state index is -0.726. The van der Waals surface area contributed by atoms with Crippen LogP contribution in [-0.2, 0) is 19.0 Å². The summed E-state index contributed by atoms with van der Waals surface area (Å²) >= 11 is 0. The van der Waals surface area contributed by atoms with Gasteiger partial charge in [0.2, 0.25) is 5.91 Å². The number of benzene rings is 3. The normalized spacial score (nSPS) is 10.2. The molecule has 196 valence electrons. The second kappa shape index (κ2) is 12.2. The van der Waals surface area contributed by atoms with Crippen molar-refractivity contribution in [3.05, 3.63) is 82.9 Å². The molecule has 0 saturated carbocycles. The Balaban J connectivity index is 1.94. The van der Waals surface area contributed by atoms with E-state index in [1.165, 1.54) is 69.9 Å². The lowest BCUT2D eigenvalue weighted by molar-refractivity contribution is -0.115. The third-order valence-electron chi connectivity index (χ3n) is 5.21. The number of Topliss-reactive ketones (excluding diaryl/α,β-unsaturated/α-hetero) is 1. The van der Waals surface area contributed by atoms with Crippen molar-refractivity contribution in [2.45, 2.75) is 6.42 Å². The summed E-state index contributed by atoms with van der Waals surface area (Å²) in [5.41, 5.74) is 6.55. The van der Waals surface area contributed by atoms with E-state index in [4.69, 9.17) is 24.7 Å². The van der Waals surface area contributed by atoms with Crippen LogP contribution in [0.15, 0.2) is 60.7 Å². The lowest BCUT2D eigenvalue weighted by atomic mass is 10.1. The van der Waals surface area contributed by atoms with Gasteiger partial charge in [0.25, 0.3) is 0 Å². The van der Waals surface area contributed by atoms with E-state index in [-0.39, 0.29) is 33.9 Å². The van der Waals surface area contributed by atoms with Crippen LogP contribution in [-0.4, -0.2) is 50.9 Å². The number of nitrogens with two attached hydrogens (primary N) is 1. The molecular weight excluding hydrogens is 496 g/mol. The maximum atomic E-state index is 12.7. The molecule has 11 heteroatoms. The van der Waals surface area contributed by atoms with Crippen molar-refractivity contribution in [3.8, 4) is 11.5 Å². The summed E-state index contributed by atoms with van der Waals surface area (Å²) in [5.74, 6) is -3.19. The first-order chi connectivity index (χ1) is 18.1. The molecule has 38 heavy (non-hydrogen) atoms. The summed E-state index contributed by atoms with van der Waals surface area (Å²) in [6.07, 6.45) is -0.504. The largest absolute Gasteiger partial charge is 0.465 e. The average Bonchev–Trinajstić information content (AvgIpc) is 2.92. The van der Waals surface area contributed by atoms with E-state index in [0.29, 0.717) is 11.3 Å². The van der Waals surface area contributed by atoms with Crippen molar-refractivity contribution in [1.82, 2.24) is 0 Å². The molecule has 11 nitrogen and oxygen atoms in total. The second-order valence-electron chi connectivity index (χ2n) is 7.80. The highest BCUT2D eigenvalue weighted by Crippen LogP contribution is 2.32. The fourth-order valence-electron chi connectivity index (χ4n) is 3.33. The number of nitrogens with one attached hydrogen (secondary N) is 1. The van der Waals surface area contributed by atoms with Gasteiger partial charge in [0, 0.05) is 11.3 Å². The third kappa shape index (κ3) is 6.72. The topological polar surface area (TPSA) is 160 Å². The summed E-state index contributed by atoms with van der Waals surface area (Å²) in [5, 5.41) is 2.56. The van der Waals surface area contributed by atoms with Crippen LogP contribution in [0.25, 0.3) is 0 Å². The van der Waals surface area contributed by atoms with Crippen molar-refractivity contribution < 1.29 is 42.9 Å². The summed E-state index contributed by atoms with van der Waals surface area (Å²) in [6, 6.07) is 14.1. The standard InChI is InChI=1S/C27H24N2O9/c1-35-25(32)16-6-9-23(38-20-11-17(26(33)36-2)10-18(12-20)27(34)37-3)21(13-16)29-24(31)14-22(30)15-4-7-19(28)8-5-15/h4-13H,14,28H2,1-3H3,(H,29,31). The highest BCUT2D eigenvalue weighted by molar-refractivity contribution is 6.11. The Kier molecular flexibility index (Phi) is 8.78. The molecule has 0 heterocycles. The maximum Gasteiger partial charge on any atom is 0.338 e. The molecular formula is C27H24N2O9. The van der Waals surface area contributed by atoms with E-state index in [9.17, 15) is 24.0 Å². The molecule has 0 aliphatic rings. The van der Waals surface area contributed by atoms with Crippen LogP contribution in [0.3, 0.4) is 0 Å². The number of anilines is 2. The van der Waals surface area contributed by atoms with Gasteiger partial charge < -0.3 is 30.0 Å². The first-order valence-electron chi connectivity index (χ1n) is 11.1. The molecule has 3 aromatic rings. The lowest BCUT2D eigenvalue weighted by Crippen LogP contribution is -2.17. The number of ether oxygens (including phenoxy) is 4. The number of carbonyl (C=O) groups is 5.